The number of hydrogen-bond acceptors (Lipinski definition) is 8. The van der Waals surface area contributed by atoms with E-state index in [0.717, 1.165) is 5.70 Å². The minimum Gasteiger partial charge on any atom is -0.480 e. The standard InChI is InChI=1S/C40H62FN5O8/c1-12-23(6)35(45(9)39(50)34(22(4)5)44-38(49)33(42-8)21(2)3)31(53-10)20-32(47)46-29-18-26(29)19-30(46)36(54-11)24(7)37(48)43-28(40(51)52)17-25-15-13-14-16-27(25)41/h13-16,18,21-24,26,28,30-31,33-36,42H,12,17,19-20H2,1-11H3,(H,43,48)(H,44,49)(H,51,52)/t23-,24+,26-,28-,30-,31+,33-,34-,35-,36+/m0/s1. The molecule has 1 saturated heterocycles. The average molecular weight is 760 g/mol. The number of amides is 4. The van der Waals surface area contributed by atoms with Crippen LogP contribution in [-0.2, 0) is 39.9 Å². The Hall–Kier alpha value is -3.88. The maximum Gasteiger partial charge on any atom is 0.326 e. The van der Waals surface area contributed by atoms with Crippen molar-refractivity contribution < 1.29 is 42.9 Å². The molecule has 0 bridgehead atoms. The third kappa shape index (κ3) is 10.4. The average Bonchev–Trinajstić information content (AvgIpc) is 3.78. The Morgan fingerprint density at radius 1 is 0.963 bits per heavy atom. The maximum absolute atomic E-state index is 14.3. The zero-order chi connectivity index (χ0) is 40.6. The van der Waals surface area contributed by atoms with Gasteiger partial charge in [0.05, 0.1) is 42.7 Å². The summed E-state index contributed by atoms with van der Waals surface area (Å²) < 4.78 is 26.2. The van der Waals surface area contributed by atoms with Crippen LogP contribution >= 0.6 is 0 Å². The van der Waals surface area contributed by atoms with Crippen molar-refractivity contribution in [3.8, 4) is 0 Å². The quantitative estimate of drug-likeness (QED) is 0.147. The van der Waals surface area contributed by atoms with Gasteiger partial charge >= 0.3 is 5.97 Å². The van der Waals surface area contributed by atoms with Crippen LogP contribution in [0.15, 0.2) is 36.0 Å². The van der Waals surface area contributed by atoms with Crippen LogP contribution in [0.2, 0.25) is 0 Å². The molecule has 0 spiro atoms. The van der Waals surface area contributed by atoms with Crippen molar-refractivity contribution in [1.29, 1.82) is 0 Å². The molecule has 1 aliphatic carbocycles. The molecule has 3 rings (SSSR count). The minimum absolute atomic E-state index is 0.00491. The number of carboxylic acid groups (broad SMARTS) is 1. The van der Waals surface area contributed by atoms with Crippen LogP contribution in [0.1, 0.15) is 73.3 Å². The third-order valence-electron chi connectivity index (χ3n) is 11.1. The van der Waals surface area contributed by atoms with Gasteiger partial charge in [-0.05, 0) is 42.9 Å². The van der Waals surface area contributed by atoms with Gasteiger partial charge in [-0.1, -0.05) is 79.2 Å². The fourth-order valence-electron chi connectivity index (χ4n) is 7.75. The van der Waals surface area contributed by atoms with Crippen molar-refractivity contribution in [3.05, 3.63) is 47.4 Å². The number of fused-ring (bicyclic) bond motifs is 1. The molecule has 1 aromatic carbocycles. The Morgan fingerprint density at radius 3 is 2.11 bits per heavy atom. The largest absolute Gasteiger partial charge is 0.480 e. The van der Waals surface area contributed by atoms with E-state index in [1.807, 2.05) is 47.6 Å². The number of nitrogens with one attached hydrogen (secondary N) is 3. The molecule has 0 aromatic heterocycles. The number of ether oxygens (including phenoxy) is 2. The summed E-state index contributed by atoms with van der Waals surface area (Å²) in [5.41, 5.74) is 0.989. The number of nitrogens with zero attached hydrogens (tertiary/aromatic N) is 2. The SMILES string of the molecule is CC[C@H](C)[C@@H]([C@@H](CC(=O)N1C2=C[C@H]2C[C@H]1[C@H](OC)[C@@H](C)C(=O)N[C@@H](Cc1ccccc1F)C(=O)O)OC)N(C)C(=O)[C@@H](NC(=O)[C@@H](NC)C(C)C)C(C)C. The molecule has 0 unspecified atom stereocenters. The normalized spacial score (nSPS) is 20.9. The van der Waals surface area contributed by atoms with Crippen LogP contribution in [0.5, 0.6) is 0 Å². The summed E-state index contributed by atoms with van der Waals surface area (Å²) >= 11 is 0. The van der Waals surface area contributed by atoms with Crippen LogP contribution in [0, 0.1) is 35.4 Å². The van der Waals surface area contributed by atoms with Crippen molar-refractivity contribution in [3.63, 3.8) is 0 Å². The number of methoxy groups -OCH3 is 2. The number of carbonyl (C=O) groups is 5. The summed E-state index contributed by atoms with van der Waals surface area (Å²) in [4.78, 5) is 70.6. The minimum atomic E-state index is -1.38. The lowest BCUT2D eigenvalue weighted by atomic mass is 9.89. The van der Waals surface area contributed by atoms with E-state index >= 15 is 0 Å². The second kappa shape index (κ2) is 19.6. The summed E-state index contributed by atoms with van der Waals surface area (Å²) in [6.07, 6.45) is 1.39. The molecular weight excluding hydrogens is 697 g/mol. The molecule has 1 fully saturated rings. The molecule has 1 aliphatic heterocycles. The summed E-state index contributed by atoms with van der Waals surface area (Å²) in [6, 6.07) is 2.10. The van der Waals surface area contributed by atoms with Gasteiger partial charge in [0, 0.05) is 39.3 Å². The van der Waals surface area contributed by atoms with Gasteiger partial charge in [-0.3, -0.25) is 19.2 Å². The number of aliphatic carboxylic acids is 1. The van der Waals surface area contributed by atoms with E-state index in [1.165, 1.54) is 32.4 Å². The highest BCUT2D eigenvalue weighted by atomic mass is 19.1. The van der Waals surface area contributed by atoms with Gasteiger partial charge in [-0.25, -0.2) is 9.18 Å². The number of allylic oxidation sites excluding steroid dienone is 2. The van der Waals surface area contributed by atoms with E-state index in [-0.39, 0.29) is 59.8 Å². The second-order valence-electron chi connectivity index (χ2n) is 15.5. The van der Waals surface area contributed by atoms with Crippen molar-refractivity contribution >= 4 is 29.6 Å². The molecule has 1 aromatic rings. The summed E-state index contributed by atoms with van der Waals surface area (Å²) in [6.45, 7) is 13.2. The maximum atomic E-state index is 14.3. The molecule has 14 heteroatoms. The molecule has 10 atom stereocenters. The van der Waals surface area contributed by atoms with E-state index in [9.17, 15) is 33.5 Å². The molecule has 54 heavy (non-hydrogen) atoms. The van der Waals surface area contributed by atoms with Gasteiger partial charge < -0.3 is 40.3 Å². The third-order valence-corrected chi connectivity index (χ3v) is 11.1. The van der Waals surface area contributed by atoms with E-state index in [4.69, 9.17) is 9.47 Å². The number of benzene rings is 1. The topological polar surface area (TPSA) is 167 Å². The summed E-state index contributed by atoms with van der Waals surface area (Å²) in [5.74, 6) is -4.39. The lowest BCUT2D eigenvalue weighted by Crippen LogP contribution is -2.59. The molecule has 0 saturated carbocycles. The highest BCUT2D eigenvalue weighted by Crippen LogP contribution is 2.48. The first-order valence-corrected chi connectivity index (χ1v) is 19.0. The first-order chi connectivity index (χ1) is 25.4. The molecule has 2 aliphatic rings. The highest BCUT2D eigenvalue weighted by Gasteiger charge is 2.52. The van der Waals surface area contributed by atoms with Crippen molar-refractivity contribution in [1.82, 2.24) is 25.8 Å². The molecule has 302 valence electrons. The van der Waals surface area contributed by atoms with Crippen molar-refractivity contribution in [2.24, 2.45) is 29.6 Å². The predicted molar refractivity (Wildman–Crippen MR) is 202 cm³/mol. The molecule has 4 amide bonds. The predicted octanol–water partition coefficient (Wildman–Crippen LogP) is 3.37. The van der Waals surface area contributed by atoms with Crippen molar-refractivity contribution in [2.45, 2.75) is 117 Å². The van der Waals surface area contributed by atoms with Crippen LogP contribution < -0.4 is 16.0 Å². The van der Waals surface area contributed by atoms with Gasteiger partial charge in [-0.15, -0.1) is 0 Å². The number of carboxylic acids is 1. The Bertz CT molecular complexity index is 1520. The highest BCUT2D eigenvalue weighted by molar-refractivity contribution is 5.90. The van der Waals surface area contributed by atoms with Gasteiger partial charge in [0.25, 0.3) is 0 Å². The van der Waals surface area contributed by atoms with E-state index < -0.39 is 66.0 Å². The monoisotopic (exact) mass is 759 g/mol. The zero-order valence-electron chi connectivity index (χ0n) is 33.7. The fraction of sp³-hybridized carbons (Fsp3) is 0.675. The molecular formula is C40H62FN5O8. The number of likely N-dealkylation sites (tertiary alicyclic amines) is 1. The first-order valence-electron chi connectivity index (χ1n) is 19.0. The van der Waals surface area contributed by atoms with Crippen LogP contribution in [-0.4, -0.2) is 115 Å². The Labute approximate surface area is 319 Å². The number of likely N-dealkylation sites (N-methyl/N-ethyl adjacent to an activating group) is 2. The number of rotatable bonds is 21. The van der Waals surface area contributed by atoms with Crippen LogP contribution in [0.3, 0.4) is 0 Å². The second-order valence-corrected chi connectivity index (χ2v) is 15.5. The molecule has 13 nitrogen and oxygen atoms in total. The van der Waals surface area contributed by atoms with Gasteiger partial charge in [0.1, 0.15) is 17.9 Å². The summed E-state index contributed by atoms with van der Waals surface area (Å²) in [5, 5.41) is 18.4. The van der Waals surface area contributed by atoms with Gasteiger partial charge in [-0.2, -0.15) is 0 Å². The van der Waals surface area contributed by atoms with Gasteiger partial charge in [0.2, 0.25) is 23.6 Å². The van der Waals surface area contributed by atoms with Crippen LogP contribution in [0.4, 0.5) is 4.39 Å². The zero-order valence-corrected chi connectivity index (χ0v) is 33.7. The van der Waals surface area contributed by atoms with E-state index in [1.54, 1.807) is 36.9 Å². The van der Waals surface area contributed by atoms with E-state index in [2.05, 4.69) is 16.0 Å². The van der Waals surface area contributed by atoms with Crippen LogP contribution in [0.25, 0.3) is 0 Å². The smallest absolute Gasteiger partial charge is 0.326 e. The Kier molecular flexibility index (Phi) is 16.2. The first kappa shape index (κ1) is 44.5. The number of halogens is 1. The lowest BCUT2D eigenvalue weighted by Gasteiger charge is -2.41. The lowest BCUT2D eigenvalue weighted by molar-refractivity contribution is -0.147. The van der Waals surface area contributed by atoms with E-state index in [0.29, 0.717) is 12.8 Å². The Morgan fingerprint density at radius 2 is 1.59 bits per heavy atom. The summed E-state index contributed by atoms with van der Waals surface area (Å²) in [7, 11) is 6.36. The Balaban J connectivity index is 1.81. The molecule has 0 radical (unpaired) electrons. The van der Waals surface area contributed by atoms with Crippen molar-refractivity contribution in [2.75, 3.05) is 28.3 Å². The number of hydrogen-bond donors (Lipinski definition) is 4. The van der Waals surface area contributed by atoms with Gasteiger partial charge in [0.15, 0.2) is 0 Å². The molecule has 4 N–H and O–H groups in total. The number of carbonyl (C=O) groups excluding carboxylic acids is 4. The fourth-order valence-corrected chi connectivity index (χ4v) is 7.75. The molecule has 1 heterocycles.